The molecule has 1 aliphatic rings. The number of carbonyl (C=O) groups is 1. The monoisotopic (exact) mass is 377 g/mol. The van der Waals surface area contributed by atoms with Crippen LogP contribution < -0.4 is 5.32 Å². The Labute approximate surface area is 163 Å². The minimum Gasteiger partial charge on any atom is -0.392 e. The van der Waals surface area contributed by atoms with E-state index in [4.69, 9.17) is 4.52 Å². The van der Waals surface area contributed by atoms with Crippen LogP contribution in [0.2, 0.25) is 0 Å². The Kier molecular flexibility index (Phi) is 4.96. The van der Waals surface area contributed by atoms with Gasteiger partial charge < -0.3 is 14.9 Å². The Hall–Kier alpha value is -2.99. The van der Waals surface area contributed by atoms with E-state index in [9.17, 15) is 9.90 Å². The van der Waals surface area contributed by atoms with Crippen LogP contribution in [0, 0.1) is 6.92 Å². The summed E-state index contributed by atoms with van der Waals surface area (Å²) < 4.78 is 5.20. The minimum absolute atomic E-state index is 0.0230. The minimum atomic E-state index is -0.111. The average molecular weight is 377 g/mol. The Balaban J connectivity index is 1.54. The zero-order chi connectivity index (χ0) is 19.7. The molecule has 1 aromatic heterocycles. The number of aryl methyl sites for hydroxylation is 3. The van der Waals surface area contributed by atoms with Gasteiger partial charge in [0.2, 0.25) is 11.7 Å². The fraction of sp³-hybridized carbons (Fsp3) is 0.318. The third-order valence-corrected chi connectivity index (χ3v) is 5.28. The number of aliphatic hydroxyl groups is 1. The highest BCUT2D eigenvalue weighted by Crippen LogP contribution is 2.34. The van der Waals surface area contributed by atoms with E-state index in [2.05, 4.69) is 21.5 Å². The number of nitrogens with one attached hydrogen (secondary N) is 1. The smallest absolute Gasteiger partial charge is 0.252 e. The molecule has 0 fully saturated rings. The molecule has 0 saturated carbocycles. The number of rotatable bonds is 5. The maximum absolute atomic E-state index is 12.8. The second kappa shape index (κ2) is 7.56. The molecular formula is C22H23N3O3. The highest BCUT2D eigenvalue weighted by Gasteiger charge is 2.25. The van der Waals surface area contributed by atoms with Crippen molar-refractivity contribution in [3.8, 4) is 11.4 Å². The molecule has 3 aromatic rings. The first-order valence-corrected chi connectivity index (χ1v) is 9.56. The number of fused-ring (bicyclic) bond motifs is 1. The van der Waals surface area contributed by atoms with Crippen molar-refractivity contribution in [2.45, 2.75) is 45.8 Å². The second-order valence-electron chi connectivity index (χ2n) is 7.15. The SMILES string of the molecule is CCc1nc(-c2ccc3c(c2)CC[C@H]3NC(=O)c2cc(CO)ccc2C)no1. The average Bonchev–Trinajstić information content (AvgIpc) is 3.35. The van der Waals surface area contributed by atoms with Crippen molar-refractivity contribution in [2.75, 3.05) is 0 Å². The van der Waals surface area contributed by atoms with Crippen LogP contribution in [0.5, 0.6) is 0 Å². The maximum atomic E-state index is 12.8. The third kappa shape index (κ3) is 3.43. The predicted molar refractivity (Wildman–Crippen MR) is 105 cm³/mol. The number of hydrogen-bond acceptors (Lipinski definition) is 5. The summed E-state index contributed by atoms with van der Waals surface area (Å²) in [6, 6.07) is 11.5. The van der Waals surface area contributed by atoms with Gasteiger partial charge in [-0.1, -0.05) is 36.3 Å². The molecule has 1 atom stereocenters. The lowest BCUT2D eigenvalue weighted by Gasteiger charge is -2.16. The fourth-order valence-corrected chi connectivity index (χ4v) is 3.67. The summed E-state index contributed by atoms with van der Waals surface area (Å²) in [6.07, 6.45) is 2.46. The van der Waals surface area contributed by atoms with Crippen molar-refractivity contribution in [2.24, 2.45) is 0 Å². The number of amides is 1. The Morgan fingerprint density at radius 2 is 2.14 bits per heavy atom. The zero-order valence-corrected chi connectivity index (χ0v) is 16.0. The van der Waals surface area contributed by atoms with Gasteiger partial charge in [-0.25, -0.2) is 0 Å². The molecule has 28 heavy (non-hydrogen) atoms. The third-order valence-electron chi connectivity index (χ3n) is 5.28. The molecule has 1 heterocycles. The van der Waals surface area contributed by atoms with Gasteiger partial charge >= 0.3 is 0 Å². The van der Waals surface area contributed by atoms with Gasteiger partial charge in [0.05, 0.1) is 12.6 Å². The van der Waals surface area contributed by atoms with Gasteiger partial charge in [-0.15, -0.1) is 0 Å². The lowest BCUT2D eigenvalue weighted by molar-refractivity contribution is 0.0936. The standard InChI is InChI=1S/C22H23N3O3/c1-3-20-24-21(25-28-20)16-6-8-17-15(11-16)7-9-19(17)23-22(27)18-10-14(12-26)5-4-13(18)2/h4-6,8,10-11,19,26H,3,7,9,12H2,1-2H3,(H,23,27)/t19-/m1/s1. The van der Waals surface area contributed by atoms with E-state index in [-0.39, 0.29) is 18.6 Å². The summed E-state index contributed by atoms with van der Waals surface area (Å²) in [6.45, 7) is 3.80. The van der Waals surface area contributed by atoms with Crippen LogP contribution in [0.4, 0.5) is 0 Å². The van der Waals surface area contributed by atoms with Crippen LogP contribution in [-0.2, 0) is 19.4 Å². The molecule has 0 radical (unpaired) electrons. The van der Waals surface area contributed by atoms with E-state index in [0.29, 0.717) is 23.7 Å². The van der Waals surface area contributed by atoms with E-state index in [1.165, 1.54) is 5.56 Å². The van der Waals surface area contributed by atoms with Gasteiger partial charge in [0.25, 0.3) is 5.91 Å². The lowest BCUT2D eigenvalue weighted by Crippen LogP contribution is -2.27. The summed E-state index contributed by atoms with van der Waals surface area (Å²) in [5, 5.41) is 16.5. The summed E-state index contributed by atoms with van der Waals surface area (Å²) in [7, 11) is 0. The van der Waals surface area contributed by atoms with Crippen LogP contribution in [-0.4, -0.2) is 21.2 Å². The molecule has 0 bridgehead atoms. The molecule has 1 amide bonds. The lowest BCUT2D eigenvalue weighted by atomic mass is 10.0. The zero-order valence-electron chi connectivity index (χ0n) is 16.0. The molecule has 2 N–H and O–H groups in total. The quantitative estimate of drug-likeness (QED) is 0.710. The van der Waals surface area contributed by atoms with Crippen molar-refractivity contribution in [3.63, 3.8) is 0 Å². The number of hydrogen-bond donors (Lipinski definition) is 2. The summed E-state index contributed by atoms with van der Waals surface area (Å²) in [5.41, 5.74) is 5.50. The van der Waals surface area contributed by atoms with E-state index in [0.717, 1.165) is 35.1 Å². The van der Waals surface area contributed by atoms with Crippen LogP contribution in [0.15, 0.2) is 40.9 Å². The topological polar surface area (TPSA) is 88.2 Å². The highest BCUT2D eigenvalue weighted by molar-refractivity contribution is 5.96. The van der Waals surface area contributed by atoms with Crippen molar-refractivity contribution >= 4 is 5.91 Å². The number of carbonyl (C=O) groups excluding carboxylic acids is 1. The highest BCUT2D eigenvalue weighted by atomic mass is 16.5. The Morgan fingerprint density at radius 3 is 2.89 bits per heavy atom. The van der Waals surface area contributed by atoms with Crippen molar-refractivity contribution < 1.29 is 14.4 Å². The molecule has 144 valence electrons. The molecule has 0 spiro atoms. The molecule has 2 aromatic carbocycles. The van der Waals surface area contributed by atoms with E-state index in [1.807, 2.05) is 38.1 Å². The normalized spacial score (nSPS) is 15.5. The summed E-state index contributed by atoms with van der Waals surface area (Å²) in [4.78, 5) is 17.2. The molecular weight excluding hydrogens is 354 g/mol. The first kappa shape index (κ1) is 18.4. The molecule has 1 aliphatic carbocycles. The molecule has 6 heteroatoms. The molecule has 0 unspecified atom stereocenters. The first-order valence-electron chi connectivity index (χ1n) is 9.56. The van der Waals surface area contributed by atoms with Gasteiger partial charge in [-0.05, 0) is 54.2 Å². The molecule has 0 saturated heterocycles. The van der Waals surface area contributed by atoms with Gasteiger partial charge in [0.1, 0.15) is 0 Å². The predicted octanol–water partition coefficient (Wildman–Crippen LogP) is 3.52. The number of nitrogens with zero attached hydrogens (tertiary/aromatic N) is 2. The maximum Gasteiger partial charge on any atom is 0.252 e. The Morgan fingerprint density at radius 1 is 1.29 bits per heavy atom. The number of aliphatic hydroxyl groups excluding tert-OH is 1. The molecule has 4 rings (SSSR count). The van der Waals surface area contributed by atoms with Crippen molar-refractivity contribution in [3.05, 3.63) is 70.1 Å². The van der Waals surface area contributed by atoms with Gasteiger partial charge in [0, 0.05) is 17.5 Å². The van der Waals surface area contributed by atoms with Crippen LogP contribution in [0.25, 0.3) is 11.4 Å². The molecule has 6 nitrogen and oxygen atoms in total. The van der Waals surface area contributed by atoms with Crippen LogP contribution in [0.3, 0.4) is 0 Å². The van der Waals surface area contributed by atoms with Crippen molar-refractivity contribution in [1.82, 2.24) is 15.5 Å². The summed E-state index contributed by atoms with van der Waals surface area (Å²) in [5.74, 6) is 1.12. The number of aromatic nitrogens is 2. The van der Waals surface area contributed by atoms with E-state index in [1.54, 1.807) is 6.07 Å². The largest absolute Gasteiger partial charge is 0.392 e. The van der Waals surface area contributed by atoms with Gasteiger partial charge in [0.15, 0.2) is 0 Å². The summed E-state index contributed by atoms with van der Waals surface area (Å²) >= 11 is 0. The Bertz CT molecular complexity index is 1030. The fourth-order valence-electron chi connectivity index (χ4n) is 3.67. The van der Waals surface area contributed by atoms with Gasteiger partial charge in [-0.2, -0.15) is 4.98 Å². The second-order valence-corrected chi connectivity index (χ2v) is 7.15. The number of benzene rings is 2. The molecule has 0 aliphatic heterocycles. The van der Waals surface area contributed by atoms with Crippen LogP contribution >= 0.6 is 0 Å². The van der Waals surface area contributed by atoms with Crippen molar-refractivity contribution in [1.29, 1.82) is 0 Å². The van der Waals surface area contributed by atoms with Crippen LogP contribution in [0.1, 0.15) is 57.9 Å². The van der Waals surface area contributed by atoms with E-state index >= 15 is 0 Å². The first-order chi connectivity index (χ1) is 13.6. The van der Waals surface area contributed by atoms with E-state index < -0.39 is 0 Å². The van der Waals surface area contributed by atoms with Gasteiger partial charge in [-0.3, -0.25) is 4.79 Å².